The molecule has 2 rings (SSSR count). The largest absolute Gasteiger partial charge is 0.349 e. The first-order valence-electron chi connectivity index (χ1n) is 7.43. The zero-order chi connectivity index (χ0) is 15.3. The van der Waals surface area contributed by atoms with Crippen LogP contribution < -0.4 is 11.1 Å². The van der Waals surface area contributed by atoms with Crippen molar-refractivity contribution in [2.24, 2.45) is 11.7 Å². The number of nitrogens with one attached hydrogen (secondary N) is 1. The smallest absolute Gasteiger partial charge is 0.220 e. The second-order valence-corrected chi connectivity index (χ2v) is 7.45. The van der Waals surface area contributed by atoms with Gasteiger partial charge in [-0.25, -0.2) is 0 Å². The van der Waals surface area contributed by atoms with Crippen molar-refractivity contribution in [2.75, 3.05) is 12.3 Å². The van der Waals surface area contributed by atoms with Gasteiger partial charge in [0.25, 0.3) is 0 Å². The molecule has 0 aliphatic heterocycles. The summed E-state index contributed by atoms with van der Waals surface area (Å²) in [5, 5.41) is 3.87. The first-order valence-corrected chi connectivity index (χ1v) is 8.79. The molecule has 0 bridgehead atoms. The molecule has 6 heteroatoms. The van der Waals surface area contributed by atoms with Gasteiger partial charge < -0.3 is 11.1 Å². The molecule has 1 saturated carbocycles. The standard InChI is InChI=1S/C16H23ClN2OS.ClH/c1-16(11-18,12-4-5-12)19-15(20)3-2-10-21-14-8-6-13(17)7-9-14;/h6-9,12H,2-5,10-11,18H2,1H3,(H,19,20);1H. The van der Waals surface area contributed by atoms with Crippen LogP contribution in [0.4, 0.5) is 0 Å². The summed E-state index contributed by atoms with van der Waals surface area (Å²) in [4.78, 5) is 13.2. The minimum Gasteiger partial charge on any atom is -0.349 e. The van der Waals surface area contributed by atoms with E-state index in [1.807, 2.05) is 24.3 Å². The molecule has 0 aromatic heterocycles. The average Bonchev–Trinajstić information content (AvgIpc) is 3.30. The Hall–Kier alpha value is -0.420. The molecule has 22 heavy (non-hydrogen) atoms. The number of thioether (sulfide) groups is 1. The maximum atomic E-state index is 12.0. The van der Waals surface area contributed by atoms with Crippen LogP contribution in [-0.4, -0.2) is 23.7 Å². The van der Waals surface area contributed by atoms with E-state index in [1.54, 1.807) is 11.8 Å². The van der Waals surface area contributed by atoms with Gasteiger partial charge in [0.1, 0.15) is 0 Å². The third-order valence-corrected chi connectivity index (χ3v) is 5.31. The number of halogens is 2. The number of hydrogen-bond acceptors (Lipinski definition) is 3. The van der Waals surface area contributed by atoms with Crippen molar-refractivity contribution >= 4 is 41.7 Å². The molecule has 1 atom stereocenters. The predicted octanol–water partition coefficient (Wildman–Crippen LogP) is 3.88. The fraction of sp³-hybridized carbons (Fsp3) is 0.562. The second-order valence-electron chi connectivity index (χ2n) is 5.85. The second kappa shape index (κ2) is 9.02. The number of nitrogens with two attached hydrogens (primary N) is 1. The maximum absolute atomic E-state index is 12.0. The summed E-state index contributed by atoms with van der Waals surface area (Å²) in [6.45, 7) is 2.58. The van der Waals surface area contributed by atoms with Gasteiger partial charge in [0.2, 0.25) is 5.91 Å². The summed E-state index contributed by atoms with van der Waals surface area (Å²) < 4.78 is 0. The molecule has 1 aromatic rings. The van der Waals surface area contributed by atoms with Crippen LogP contribution in [0.25, 0.3) is 0 Å². The lowest BCUT2D eigenvalue weighted by Gasteiger charge is -2.29. The Morgan fingerprint density at radius 1 is 1.41 bits per heavy atom. The van der Waals surface area contributed by atoms with E-state index in [0.717, 1.165) is 17.2 Å². The summed E-state index contributed by atoms with van der Waals surface area (Å²) in [6, 6.07) is 7.79. The molecule has 0 saturated heterocycles. The van der Waals surface area contributed by atoms with Gasteiger partial charge in [-0.1, -0.05) is 11.6 Å². The third kappa shape index (κ3) is 5.99. The van der Waals surface area contributed by atoms with Crippen molar-refractivity contribution in [1.82, 2.24) is 5.32 Å². The monoisotopic (exact) mass is 362 g/mol. The Labute approximate surface area is 148 Å². The van der Waals surface area contributed by atoms with Crippen LogP contribution in [0.1, 0.15) is 32.6 Å². The molecule has 1 aliphatic rings. The molecule has 1 amide bonds. The van der Waals surface area contributed by atoms with Crippen LogP contribution in [0, 0.1) is 5.92 Å². The molecule has 1 aliphatic carbocycles. The summed E-state index contributed by atoms with van der Waals surface area (Å²) >= 11 is 7.60. The van der Waals surface area contributed by atoms with E-state index in [4.69, 9.17) is 17.3 Å². The molecule has 1 fully saturated rings. The maximum Gasteiger partial charge on any atom is 0.220 e. The summed E-state index contributed by atoms with van der Waals surface area (Å²) in [6.07, 6.45) is 3.79. The van der Waals surface area contributed by atoms with Crippen LogP contribution in [-0.2, 0) is 4.79 Å². The fourth-order valence-corrected chi connectivity index (χ4v) is 3.35. The Kier molecular flexibility index (Phi) is 8.04. The highest BCUT2D eigenvalue weighted by Crippen LogP contribution is 2.39. The van der Waals surface area contributed by atoms with Gasteiger partial charge in [-0.15, -0.1) is 24.2 Å². The topological polar surface area (TPSA) is 55.1 Å². The normalized spacial score (nSPS) is 16.5. The highest BCUT2D eigenvalue weighted by Gasteiger charge is 2.41. The zero-order valence-electron chi connectivity index (χ0n) is 12.8. The van der Waals surface area contributed by atoms with Crippen LogP contribution >= 0.6 is 35.8 Å². The molecule has 0 spiro atoms. The van der Waals surface area contributed by atoms with Crippen molar-refractivity contribution in [3.05, 3.63) is 29.3 Å². The van der Waals surface area contributed by atoms with Gasteiger partial charge in [0, 0.05) is 22.9 Å². The Balaban J connectivity index is 0.00000242. The van der Waals surface area contributed by atoms with E-state index >= 15 is 0 Å². The van der Waals surface area contributed by atoms with E-state index < -0.39 is 0 Å². The summed E-state index contributed by atoms with van der Waals surface area (Å²) in [7, 11) is 0. The average molecular weight is 363 g/mol. The SMILES string of the molecule is CC(CN)(NC(=O)CCCSc1ccc(Cl)cc1)C1CC1.Cl. The fourth-order valence-electron chi connectivity index (χ4n) is 2.37. The van der Waals surface area contributed by atoms with Crippen LogP contribution in [0.2, 0.25) is 5.02 Å². The molecule has 1 aromatic carbocycles. The van der Waals surface area contributed by atoms with Gasteiger partial charge in [0.15, 0.2) is 0 Å². The molecular formula is C16H24Cl2N2OS. The minimum atomic E-state index is -0.208. The highest BCUT2D eigenvalue weighted by atomic mass is 35.5. The van der Waals surface area contributed by atoms with Crippen LogP contribution in [0.15, 0.2) is 29.2 Å². The van der Waals surface area contributed by atoms with Crippen molar-refractivity contribution in [1.29, 1.82) is 0 Å². The lowest BCUT2D eigenvalue weighted by atomic mass is 9.95. The van der Waals surface area contributed by atoms with Gasteiger partial charge in [-0.05, 0) is 62.1 Å². The van der Waals surface area contributed by atoms with E-state index in [1.165, 1.54) is 17.7 Å². The lowest BCUT2D eigenvalue weighted by Crippen LogP contribution is -2.53. The van der Waals surface area contributed by atoms with Gasteiger partial charge in [-0.3, -0.25) is 4.79 Å². The number of amides is 1. The Morgan fingerprint density at radius 3 is 2.59 bits per heavy atom. The molecule has 0 radical (unpaired) electrons. The quantitative estimate of drug-likeness (QED) is 0.544. The predicted molar refractivity (Wildman–Crippen MR) is 97.0 cm³/mol. The summed E-state index contributed by atoms with van der Waals surface area (Å²) in [5.41, 5.74) is 5.60. The van der Waals surface area contributed by atoms with Crippen LogP contribution in [0.3, 0.4) is 0 Å². The van der Waals surface area contributed by atoms with Gasteiger partial charge in [0.05, 0.1) is 5.54 Å². The summed E-state index contributed by atoms with van der Waals surface area (Å²) in [5.74, 6) is 1.61. The van der Waals surface area contributed by atoms with E-state index in [9.17, 15) is 4.79 Å². The van der Waals surface area contributed by atoms with Crippen molar-refractivity contribution in [3.8, 4) is 0 Å². The third-order valence-electron chi connectivity index (χ3n) is 3.96. The molecule has 124 valence electrons. The van der Waals surface area contributed by atoms with Crippen molar-refractivity contribution < 1.29 is 4.79 Å². The van der Waals surface area contributed by atoms with E-state index in [0.29, 0.717) is 18.9 Å². The number of carbonyl (C=O) groups excluding carboxylic acids is 1. The number of hydrogen-bond donors (Lipinski definition) is 2. The number of benzene rings is 1. The molecular weight excluding hydrogens is 339 g/mol. The Morgan fingerprint density at radius 2 is 2.05 bits per heavy atom. The highest BCUT2D eigenvalue weighted by molar-refractivity contribution is 7.99. The van der Waals surface area contributed by atoms with E-state index in [-0.39, 0.29) is 23.9 Å². The van der Waals surface area contributed by atoms with Crippen molar-refractivity contribution in [2.45, 2.75) is 43.0 Å². The molecule has 3 nitrogen and oxygen atoms in total. The van der Waals surface area contributed by atoms with Crippen molar-refractivity contribution in [3.63, 3.8) is 0 Å². The zero-order valence-corrected chi connectivity index (χ0v) is 15.2. The van der Waals surface area contributed by atoms with E-state index in [2.05, 4.69) is 12.2 Å². The van der Waals surface area contributed by atoms with Gasteiger partial charge >= 0.3 is 0 Å². The Bertz CT molecular complexity index is 480. The molecule has 0 heterocycles. The molecule has 1 unspecified atom stereocenters. The molecule has 3 N–H and O–H groups in total. The van der Waals surface area contributed by atoms with Gasteiger partial charge in [-0.2, -0.15) is 0 Å². The van der Waals surface area contributed by atoms with Crippen LogP contribution in [0.5, 0.6) is 0 Å². The first kappa shape index (κ1) is 19.6. The lowest BCUT2D eigenvalue weighted by molar-refractivity contribution is -0.123. The first-order chi connectivity index (χ1) is 10.0. The minimum absolute atomic E-state index is 0. The number of rotatable bonds is 8. The number of carbonyl (C=O) groups is 1.